The third-order valence-corrected chi connectivity index (χ3v) is 7.99. The van der Waals surface area contributed by atoms with Crippen molar-refractivity contribution in [2.24, 2.45) is 5.41 Å². The van der Waals surface area contributed by atoms with Crippen LogP contribution in [0.5, 0.6) is 0 Å². The maximum absolute atomic E-state index is 12.6. The van der Waals surface area contributed by atoms with Crippen LogP contribution in [0.2, 0.25) is 5.02 Å². The number of hydrogen-bond acceptors (Lipinski definition) is 5. The first-order chi connectivity index (χ1) is 16.3. The molecule has 3 aliphatic heterocycles. The number of carbonyl (C=O) groups is 3. The average molecular weight is 546 g/mol. The molecule has 3 aliphatic rings. The van der Waals surface area contributed by atoms with Crippen molar-refractivity contribution in [3.63, 3.8) is 0 Å². The van der Waals surface area contributed by atoms with Crippen LogP contribution in [-0.2, 0) is 9.59 Å². The highest BCUT2D eigenvalue weighted by molar-refractivity contribution is 9.10. The molecule has 9 heteroatoms. The highest BCUT2D eigenvalue weighted by atomic mass is 79.9. The van der Waals surface area contributed by atoms with Crippen molar-refractivity contribution in [2.45, 2.75) is 31.7 Å². The molecule has 0 aromatic heterocycles. The molecular weight excluding hydrogens is 520 g/mol. The van der Waals surface area contributed by atoms with Crippen LogP contribution in [0.1, 0.15) is 36.0 Å². The van der Waals surface area contributed by atoms with Gasteiger partial charge >= 0.3 is 0 Å². The van der Waals surface area contributed by atoms with Crippen LogP contribution in [0, 0.1) is 5.41 Å². The Bertz CT molecular complexity index is 1120. The van der Waals surface area contributed by atoms with Crippen molar-refractivity contribution in [3.05, 3.63) is 57.5 Å². The Morgan fingerprint density at radius 2 is 1.76 bits per heavy atom. The van der Waals surface area contributed by atoms with E-state index < -0.39 is 11.9 Å². The predicted octanol–water partition coefficient (Wildman–Crippen LogP) is 3.74. The number of carbonyl (C=O) groups excluding carboxylic acids is 3. The quantitative estimate of drug-likeness (QED) is 0.572. The van der Waals surface area contributed by atoms with Gasteiger partial charge in [0.1, 0.15) is 6.04 Å². The van der Waals surface area contributed by atoms with Crippen LogP contribution in [-0.4, -0.2) is 49.9 Å². The molecule has 2 aromatic rings. The Morgan fingerprint density at radius 3 is 2.41 bits per heavy atom. The molecule has 3 fully saturated rings. The molecule has 0 radical (unpaired) electrons. The van der Waals surface area contributed by atoms with Crippen molar-refractivity contribution in [1.82, 2.24) is 10.6 Å². The van der Waals surface area contributed by atoms with Gasteiger partial charge in [-0.3, -0.25) is 19.7 Å². The van der Waals surface area contributed by atoms with E-state index in [9.17, 15) is 14.4 Å². The molecule has 34 heavy (non-hydrogen) atoms. The van der Waals surface area contributed by atoms with Crippen molar-refractivity contribution < 1.29 is 14.4 Å². The Balaban J connectivity index is 1.16. The van der Waals surface area contributed by atoms with E-state index in [0.717, 1.165) is 49.2 Å². The van der Waals surface area contributed by atoms with Gasteiger partial charge < -0.3 is 15.1 Å². The van der Waals surface area contributed by atoms with E-state index in [2.05, 4.69) is 60.6 Å². The third-order valence-electron chi connectivity index (χ3n) is 7.16. The number of nitrogens with zero attached hydrogens (tertiary/aromatic N) is 2. The molecule has 3 amide bonds. The van der Waals surface area contributed by atoms with Gasteiger partial charge in [0.15, 0.2) is 0 Å². The van der Waals surface area contributed by atoms with E-state index >= 15 is 0 Å². The Hall–Kier alpha value is -2.58. The minimum Gasteiger partial charge on any atom is -0.371 e. The summed E-state index contributed by atoms with van der Waals surface area (Å²) in [6.07, 6.45) is 2.80. The zero-order valence-electron chi connectivity index (χ0n) is 18.7. The fourth-order valence-corrected chi connectivity index (χ4v) is 5.68. The number of rotatable bonds is 4. The normalized spacial score (nSPS) is 21.8. The van der Waals surface area contributed by atoms with Crippen LogP contribution in [0.4, 0.5) is 11.4 Å². The Morgan fingerprint density at radius 1 is 1.06 bits per heavy atom. The highest BCUT2D eigenvalue weighted by Gasteiger charge is 2.45. The summed E-state index contributed by atoms with van der Waals surface area (Å²) in [5.41, 5.74) is 2.91. The van der Waals surface area contributed by atoms with Crippen molar-refractivity contribution >= 4 is 56.6 Å². The summed E-state index contributed by atoms with van der Waals surface area (Å²) in [6.45, 7) is 4.01. The predicted molar refractivity (Wildman–Crippen MR) is 135 cm³/mol. The molecule has 5 rings (SSSR count). The zero-order chi connectivity index (χ0) is 23.9. The second-order valence-electron chi connectivity index (χ2n) is 9.46. The molecule has 3 heterocycles. The largest absolute Gasteiger partial charge is 0.371 e. The molecule has 7 nitrogen and oxygen atoms in total. The van der Waals surface area contributed by atoms with Gasteiger partial charge in [-0.15, -0.1) is 0 Å². The zero-order valence-corrected chi connectivity index (χ0v) is 21.0. The molecule has 1 unspecified atom stereocenters. The van der Waals surface area contributed by atoms with Crippen molar-refractivity contribution in [1.29, 1.82) is 0 Å². The summed E-state index contributed by atoms with van der Waals surface area (Å²) in [7, 11) is 0. The lowest BCUT2D eigenvalue weighted by molar-refractivity contribution is -0.134. The number of anilines is 2. The fourth-order valence-electron chi connectivity index (χ4n) is 5.12. The number of benzene rings is 2. The fraction of sp³-hybridized carbons (Fsp3) is 0.400. The molecule has 2 N–H and O–H groups in total. The van der Waals surface area contributed by atoms with Gasteiger partial charge in [0.05, 0.1) is 10.7 Å². The van der Waals surface area contributed by atoms with E-state index in [1.54, 1.807) is 12.1 Å². The van der Waals surface area contributed by atoms with Crippen molar-refractivity contribution in [2.75, 3.05) is 36.0 Å². The smallest absolute Gasteiger partial charge is 0.251 e. The van der Waals surface area contributed by atoms with Gasteiger partial charge in [-0.25, -0.2) is 0 Å². The molecule has 2 aromatic carbocycles. The molecule has 0 aliphatic carbocycles. The standard InChI is InChI=1S/C25H26BrClN4O3/c26-17-2-4-18(5-3-17)30-11-9-25(10-12-30)14-31(15-25)21-7-1-16(13-19(21)27)23(33)28-20-6-8-22(32)29-24(20)34/h1-5,7,13,20H,6,8-12,14-15H2,(H,28,33)(H,29,32,34). The van der Waals surface area contributed by atoms with Crippen LogP contribution in [0.25, 0.3) is 0 Å². The number of amides is 3. The minimum absolute atomic E-state index is 0.216. The number of nitrogens with one attached hydrogen (secondary N) is 2. The molecule has 178 valence electrons. The summed E-state index contributed by atoms with van der Waals surface area (Å²) in [5, 5.41) is 5.47. The number of imide groups is 1. The molecular formula is C25H26BrClN4O3. The maximum Gasteiger partial charge on any atom is 0.251 e. The first-order valence-electron chi connectivity index (χ1n) is 11.5. The van der Waals surface area contributed by atoms with Gasteiger partial charge in [0.2, 0.25) is 11.8 Å². The molecule has 1 spiro atoms. The van der Waals surface area contributed by atoms with E-state index in [-0.39, 0.29) is 18.2 Å². The SMILES string of the molecule is O=C1CCC(NC(=O)c2ccc(N3CC4(CCN(c5ccc(Br)cc5)CC4)C3)c(Cl)c2)C(=O)N1. The Kier molecular flexibility index (Phi) is 6.29. The number of halogens is 2. The second kappa shape index (κ2) is 9.23. The van der Waals surface area contributed by atoms with E-state index in [4.69, 9.17) is 11.6 Å². The number of piperidine rings is 2. The van der Waals surface area contributed by atoms with Gasteiger partial charge in [-0.05, 0) is 61.7 Å². The van der Waals surface area contributed by atoms with Gasteiger partial charge in [-0.1, -0.05) is 27.5 Å². The molecule has 1 atom stereocenters. The van der Waals surface area contributed by atoms with Crippen molar-refractivity contribution in [3.8, 4) is 0 Å². The third kappa shape index (κ3) is 4.66. The lowest BCUT2D eigenvalue weighted by Gasteiger charge is -2.55. The maximum atomic E-state index is 12.6. The van der Waals surface area contributed by atoms with E-state index in [1.807, 2.05) is 6.07 Å². The van der Waals surface area contributed by atoms with E-state index in [0.29, 0.717) is 22.4 Å². The summed E-state index contributed by atoms with van der Waals surface area (Å²) in [4.78, 5) is 40.5. The van der Waals surface area contributed by atoms with E-state index in [1.165, 1.54) is 5.69 Å². The van der Waals surface area contributed by atoms with Crippen LogP contribution in [0.3, 0.4) is 0 Å². The first kappa shape index (κ1) is 23.2. The highest BCUT2D eigenvalue weighted by Crippen LogP contribution is 2.45. The summed E-state index contributed by atoms with van der Waals surface area (Å²) in [5.74, 6) is -1.15. The average Bonchev–Trinajstić information content (AvgIpc) is 2.80. The second-order valence-corrected chi connectivity index (χ2v) is 10.8. The van der Waals surface area contributed by atoms with Gasteiger partial charge in [0.25, 0.3) is 5.91 Å². The molecule has 0 bridgehead atoms. The Labute approximate surface area is 211 Å². The lowest BCUT2D eigenvalue weighted by atomic mass is 9.71. The molecule has 0 saturated carbocycles. The lowest BCUT2D eigenvalue weighted by Crippen LogP contribution is -2.60. The molecule has 3 saturated heterocycles. The summed E-state index contributed by atoms with van der Waals surface area (Å²) in [6, 6.07) is 13.1. The van der Waals surface area contributed by atoms with Gasteiger partial charge in [0, 0.05) is 53.7 Å². The first-order valence-corrected chi connectivity index (χ1v) is 12.7. The van der Waals surface area contributed by atoms with Crippen LogP contribution >= 0.6 is 27.5 Å². The monoisotopic (exact) mass is 544 g/mol. The number of hydrogen-bond donors (Lipinski definition) is 2. The van der Waals surface area contributed by atoms with Gasteiger partial charge in [-0.2, -0.15) is 0 Å². The summed E-state index contributed by atoms with van der Waals surface area (Å²) >= 11 is 10.1. The van der Waals surface area contributed by atoms with Crippen LogP contribution in [0.15, 0.2) is 46.9 Å². The topological polar surface area (TPSA) is 81.8 Å². The minimum atomic E-state index is -0.706. The summed E-state index contributed by atoms with van der Waals surface area (Å²) < 4.78 is 1.09. The van der Waals surface area contributed by atoms with Crippen LogP contribution < -0.4 is 20.4 Å².